The zero-order chi connectivity index (χ0) is 13.8. The van der Waals surface area contributed by atoms with E-state index >= 15 is 0 Å². The molecular formula is C14H21Cl3N2O2. The van der Waals surface area contributed by atoms with E-state index in [4.69, 9.17) is 16.3 Å². The standard InChI is InChI=1S/C14H19ClN2O2.2ClH/c1-3-12(17-6-4-16-5-7-17)10-8-11(15)14(18)13(9-10)19-2;;/h3,8-9,12,16,18H,1,4-7H2,2H3;2*1H/t12-;;/m1../s1. The number of aromatic hydroxyl groups is 1. The molecule has 7 heteroatoms. The largest absolute Gasteiger partial charge is 0.503 e. The summed E-state index contributed by atoms with van der Waals surface area (Å²) in [5.74, 6) is 0.375. The lowest BCUT2D eigenvalue weighted by Gasteiger charge is -2.33. The average Bonchev–Trinajstić information content (AvgIpc) is 2.44. The predicted molar refractivity (Wildman–Crippen MR) is 91.5 cm³/mol. The van der Waals surface area contributed by atoms with Crippen molar-refractivity contribution in [3.05, 3.63) is 35.4 Å². The van der Waals surface area contributed by atoms with Crippen LogP contribution in [-0.2, 0) is 0 Å². The average molecular weight is 356 g/mol. The summed E-state index contributed by atoms with van der Waals surface area (Å²) in [6.45, 7) is 7.75. The highest BCUT2D eigenvalue weighted by Crippen LogP contribution is 2.38. The number of benzene rings is 1. The summed E-state index contributed by atoms with van der Waals surface area (Å²) in [7, 11) is 1.52. The van der Waals surface area contributed by atoms with E-state index < -0.39 is 0 Å². The maximum Gasteiger partial charge on any atom is 0.176 e. The second-order valence-electron chi connectivity index (χ2n) is 4.52. The number of hydrogen-bond acceptors (Lipinski definition) is 4. The molecule has 1 atom stereocenters. The van der Waals surface area contributed by atoms with Crippen LogP contribution in [0.3, 0.4) is 0 Å². The Hall–Kier alpha value is -0.650. The number of piperazine rings is 1. The first kappa shape index (κ1) is 20.3. The Morgan fingerprint density at radius 3 is 2.52 bits per heavy atom. The summed E-state index contributed by atoms with van der Waals surface area (Å²) >= 11 is 6.04. The van der Waals surface area contributed by atoms with E-state index in [1.807, 2.05) is 12.1 Å². The Morgan fingerprint density at radius 1 is 1.38 bits per heavy atom. The minimum Gasteiger partial charge on any atom is -0.503 e. The van der Waals surface area contributed by atoms with Gasteiger partial charge in [0.1, 0.15) is 0 Å². The van der Waals surface area contributed by atoms with E-state index in [0.29, 0.717) is 10.8 Å². The summed E-state index contributed by atoms with van der Waals surface area (Å²) in [6.07, 6.45) is 1.90. The van der Waals surface area contributed by atoms with Gasteiger partial charge in [0.25, 0.3) is 0 Å². The number of rotatable bonds is 4. The highest BCUT2D eigenvalue weighted by Gasteiger charge is 2.21. The zero-order valence-electron chi connectivity index (χ0n) is 11.8. The second kappa shape index (κ2) is 9.38. The molecule has 1 aromatic rings. The molecule has 1 saturated heterocycles. The van der Waals surface area contributed by atoms with Crippen molar-refractivity contribution in [3.8, 4) is 11.5 Å². The van der Waals surface area contributed by atoms with Gasteiger partial charge < -0.3 is 15.2 Å². The van der Waals surface area contributed by atoms with Gasteiger partial charge >= 0.3 is 0 Å². The van der Waals surface area contributed by atoms with Gasteiger partial charge in [0.05, 0.1) is 18.2 Å². The van der Waals surface area contributed by atoms with Crippen molar-refractivity contribution in [2.24, 2.45) is 0 Å². The second-order valence-corrected chi connectivity index (χ2v) is 4.93. The van der Waals surface area contributed by atoms with Crippen LogP contribution >= 0.6 is 36.4 Å². The van der Waals surface area contributed by atoms with Gasteiger partial charge in [-0.1, -0.05) is 17.7 Å². The Bertz CT molecular complexity index is 466. The first-order chi connectivity index (χ1) is 9.17. The Labute approximate surface area is 142 Å². The van der Waals surface area contributed by atoms with Gasteiger partial charge in [0.2, 0.25) is 0 Å². The van der Waals surface area contributed by atoms with Crippen LogP contribution in [0.4, 0.5) is 0 Å². The molecule has 1 fully saturated rings. The van der Waals surface area contributed by atoms with E-state index in [1.165, 1.54) is 7.11 Å². The number of nitrogens with zero attached hydrogens (tertiary/aromatic N) is 1. The van der Waals surface area contributed by atoms with E-state index in [2.05, 4.69) is 16.8 Å². The van der Waals surface area contributed by atoms with Gasteiger partial charge in [-0.25, -0.2) is 0 Å². The van der Waals surface area contributed by atoms with Crippen LogP contribution in [0.15, 0.2) is 24.8 Å². The molecule has 120 valence electrons. The molecular weight excluding hydrogens is 335 g/mol. The van der Waals surface area contributed by atoms with Crippen LogP contribution in [0, 0.1) is 0 Å². The molecule has 1 heterocycles. The summed E-state index contributed by atoms with van der Waals surface area (Å²) in [5, 5.41) is 13.4. The fourth-order valence-corrected chi connectivity index (χ4v) is 2.60. The summed E-state index contributed by atoms with van der Waals surface area (Å²) in [6, 6.07) is 3.66. The number of nitrogens with one attached hydrogen (secondary N) is 1. The molecule has 0 aliphatic carbocycles. The summed E-state index contributed by atoms with van der Waals surface area (Å²) in [5.41, 5.74) is 0.983. The van der Waals surface area contributed by atoms with Crippen LogP contribution in [-0.4, -0.2) is 43.3 Å². The molecule has 0 aromatic heterocycles. The topological polar surface area (TPSA) is 44.7 Å². The van der Waals surface area contributed by atoms with Gasteiger partial charge in [0, 0.05) is 26.2 Å². The molecule has 1 aromatic carbocycles. The first-order valence-corrected chi connectivity index (χ1v) is 6.69. The Balaban J connectivity index is 0.00000200. The van der Waals surface area contributed by atoms with Crippen molar-refractivity contribution in [2.45, 2.75) is 6.04 Å². The molecule has 0 unspecified atom stereocenters. The quantitative estimate of drug-likeness (QED) is 0.815. The van der Waals surface area contributed by atoms with Crippen molar-refractivity contribution in [1.82, 2.24) is 10.2 Å². The molecule has 0 radical (unpaired) electrons. The molecule has 1 aliphatic rings. The molecule has 0 amide bonds. The van der Waals surface area contributed by atoms with E-state index in [0.717, 1.165) is 31.7 Å². The van der Waals surface area contributed by atoms with E-state index in [-0.39, 0.29) is 36.6 Å². The van der Waals surface area contributed by atoms with Gasteiger partial charge in [-0.3, -0.25) is 4.90 Å². The number of halogens is 3. The molecule has 0 saturated carbocycles. The third-order valence-electron chi connectivity index (χ3n) is 3.38. The fraction of sp³-hybridized carbons (Fsp3) is 0.429. The Morgan fingerprint density at radius 2 is 2.00 bits per heavy atom. The minimum absolute atomic E-state index is 0. The maximum absolute atomic E-state index is 9.78. The smallest absolute Gasteiger partial charge is 0.176 e. The van der Waals surface area contributed by atoms with E-state index in [9.17, 15) is 5.11 Å². The third-order valence-corrected chi connectivity index (χ3v) is 3.67. The van der Waals surface area contributed by atoms with Gasteiger partial charge in [-0.05, 0) is 17.7 Å². The van der Waals surface area contributed by atoms with Crippen molar-refractivity contribution >= 4 is 36.4 Å². The number of methoxy groups -OCH3 is 1. The molecule has 0 spiro atoms. The summed E-state index contributed by atoms with van der Waals surface area (Å²) < 4.78 is 5.15. The van der Waals surface area contributed by atoms with E-state index in [1.54, 1.807) is 6.07 Å². The molecule has 2 rings (SSSR count). The van der Waals surface area contributed by atoms with Crippen molar-refractivity contribution in [3.63, 3.8) is 0 Å². The highest BCUT2D eigenvalue weighted by atomic mass is 35.5. The van der Waals surface area contributed by atoms with Crippen LogP contribution in [0.25, 0.3) is 0 Å². The third kappa shape index (κ3) is 4.66. The van der Waals surface area contributed by atoms with Crippen LogP contribution in [0.5, 0.6) is 11.5 Å². The fourth-order valence-electron chi connectivity index (χ4n) is 2.38. The lowest BCUT2D eigenvalue weighted by Crippen LogP contribution is -2.44. The SMILES string of the molecule is C=C[C@H](c1cc(Cl)c(O)c(OC)c1)N1CCNCC1.Cl.Cl. The maximum atomic E-state index is 9.78. The molecule has 21 heavy (non-hydrogen) atoms. The zero-order valence-corrected chi connectivity index (χ0v) is 14.2. The van der Waals surface area contributed by atoms with Crippen LogP contribution in [0.1, 0.15) is 11.6 Å². The van der Waals surface area contributed by atoms with Gasteiger partial charge in [-0.2, -0.15) is 0 Å². The van der Waals surface area contributed by atoms with Gasteiger partial charge in [-0.15, -0.1) is 31.4 Å². The number of ether oxygens (including phenoxy) is 1. The molecule has 0 bridgehead atoms. The van der Waals surface area contributed by atoms with Crippen molar-refractivity contribution < 1.29 is 9.84 Å². The number of phenols is 1. The Kier molecular flexibility index (Phi) is 9.09. The number of phenolic OH excluding ortho intramolecular Hbond substituents is 1. The molecule has 4 nitrogen and oxygen atoms in total. The summed E-state index contributed by atoms with van der Waals surface area (Å²) in [4.78, 5) is 2.33. The van der Waals surface area contributed by atoms with Crippen molar-refractivity contribution in [2.75, 3.05) is 33.3 Å². The lowest BCUT2D eigenvalue weighted by atomic mass is 10.0. The minimum atomic E-state index is -0.0176. The predicted octanol–water partition coefficient (Wildman–Crippen LogP) is 3.03. The highest BCUT2D eigenvalue weighted by molar-refractivity contribution is 6.32. The number of hydrogen-bond donors (Lipinski definition) is 2. The van der Waals surface area contributed by atoms with Crippen LogP contribution in [0.2, 0.25) is 5.02 Å². The van der Waals surface area contributed by atoms with Crippen molar-refractivity contribution in [1.29, 1.82) is 0 Å². The monoisotopic (exact) mass is 354 g/mol. The lowest BCUT2D eigenvalue weighted by molar-refractivity contribution is 0.203. The molecule has 1 aliphatic heterocycles. The van der Waals surface area contributed by atoms with Gasteiger partial charge in [0.15, 0.2) is 11.5 Å². The normalized spacial score (nSPS) is 16.3. The first-order valence-electron chi connectivity index (χ1n) is 6.31. The molecule has 2 N–H and O–H groups in total. The van der Waals surface area contributed by atoms with Crippen LogP contribution < -0.4 is 10.1 Å².